The number of nitrogens with zero attached hydrogens (tertiary/aromatic N) is 1. The highest BCUT2D eigenvalue weighted by atomic mass is 32.2. The van der Waals surface area contributed by atoms with Crippen molar-refractivity contribution in [1.82, 2.24) is 5.32 Å². The second-order valence-electron chi connectivity index (χ2n) is 9.51. The van der Waals surface area contributed by atoms with Gasteiger partial charge in [0.25, 0.3) is 10.0 Å². The van der Waals surface area contributed by atoms with Crippen molar-refractivity contribution in [2.24, 2.45) is 0 Å². The Morgan fingerprint density at radius 2 is 1.61 bits per heavy atom. The molecule has 2 heterocycles. The first-order chi connectivity index (χ1) is 18.3. The standard InChI is InChI=1S/C29H32N2O6S/c1-3-29(4-2)19-24(23-12-8-9-13-25(23)37-29)30-28(32)20-31(38(33,34)22-10-6-5-7-11-22)21-14-15-26-27(18-21)36-17-16-35-26/h5-15,18,24H,3-4,16-17,19-20H2,1-2H3,(H,30,32). The highest BCUT2D eigenvalue weighted by molar-refractivity contribution is 7.92. The second kappa shape index (κ2) is 10.6. The Kier molecular flexibility index (Phi) is 7.21. The minimum atomic E-state index is -4.06. The molecule has 1 atom stereocenters. The molecule has 1 unspecified atom stereocenters. The second-order valence-corrected chi connectivity index (χ2v) is 11.4. The molecule has 0 fully saturated rings. The number of anilines is 1. The molecule has 1 amide bonds. The molecule has 38 heavy (non-hydrogen) atoms. The smallest absolute Gasteiger partial charge is 0.264 e. The largest absolute Gasteiger partial charge is 0.487 e. The highest BCUT2D eigenvalue weighted by Crippen LogP contribution is 2.43. The number of benzene rings is 3. The van der Waals surface area contributed by atoms with Crippen LogP contribution in [0.1, 0.15) is 44.7 Å². The summed E-state index contributed by atoms with van der Waals surface area (Å²) in [5.41, 5.74) is 0.796. The Balaban J connectivity index is 1.47. The van der Waals surface area contributed by atoms with Gasteiger partial charge >= 0.3 is 0 Å². The van der Waals surface area contributed by atoms with Crippen LogP contribution in [0.5, 0.6) is 17.2 Å². The summed E-state index contributed by atoms with van der Waals surface area (Å²) in [4.78, 5) is 13.6. The number of rotatable bonds is 8. The fraction of sp³-hybridized carbons (Fsp3) is 0.345. The number of nitrogens with one attached hydrogen (secondary N) is 1. The van der Waals surface area contributed by atoms with E-state index in [2.05, 4.69) is 19.2 Å². The molecule has 1 N–H and O–H groups in total. The van der Waals surface area contributed by atoms with Gasteiger partial charge in [-0.1, -0.05) is 50.2 Å². The van der Waals surface area contributed by atoms with Crippen molar-refractivity contribution >= 4 is 21.6 Å². The van der Waals surface area contributed by atoms with E-state index in [0.717, 1.165) is 28.5 Å². The van der Waals surface area contributed by atoms with Gasteiger partial charge in [0.1, 0.15) is 31.1 Å². The normalized spacial score (nSPS) is 17.6. The zero-order chi connectivity index (χ0) is 26.8. The summed E-state index contributed by atoms with van der Waals surface area (Å²) in [6.07, 6.45) is 2.17. The topological polar surface area (TPSA) is 94.2 Å². The maximum atomic E-state index is 13.8. The lowest BCUT2D eigenvalue weighted by Crippen LogP contribution is -2.47. The molecule has 2 aliphatic rings. The van der Waals surface area contributed by atoms with Crippen LogP contribution >= 0.6 is 0 Å². The molecule has 0 aliphatic carbocycles. The molecule has 5 rings (SSSR count). The zero-order valence-electron chi connectivity index (χ0n) is 21.6. The van der Waals surface area contributed by atoms with Crippen LogP contribution in [0.3, 0.4) is 0 Å². The van der Waals surface area contributed by atoms with E-state index in [0.29, 0.717) is 36.8 Å². The van der Waals surface area contributed by atoms with E-state index in [1.54, 1.807) is 36.4 Å². The molecular weight excluding hydrogens is 504 g/mol. The molecule has 0 spiro atoms. The van der Waals surface area contributed by atoms with E-state index < -0.39 is 28.1 Å². The number of amides is 1. The molecule has 0 saturated carbocycles. The average Bonchev–Trinajstić information content (AvgIpc) is 2.96. The first-order valence-corrected chi connectivity index (χ1v) is 14.3. The van der Waals surface area contributed by atoms with Crippen LogP contribution in [-0.2, 0) is 14.8 Å². The molecule has 0 radical (unpaired) electrons. The Bertz CT molecular complexity index is 1410. The van der Waals surface area contributed by atoms with Crippen LogP contribution < -0.4 is 23.8 Å². The Labute approximate surface area is 223 Å². The number of para-hydroxylation sites is 1. The van der Waals surface area contributed by atoms with Crippen molar-refractivity contribution in [1.29, 1.82) is 0 Å². The lowest BCUT2D eigenvalue weighted by molar-refractivity contribution is -0.121. The third-order valence-corrected chi connectivity index (χ3v) is 9.04. The first kappa shape index (κ1) is 25.9. The quantitative estimate of drug-likeness (QED) is 0.442. The average molecular weight is 537 g/mol. The number of carbonyl (C=O) groups excluding carboxylic acids is 1. The van der Waals surface area contributed by atoms with Gasteiger partial charge in [-0.2, -0.15) is 0 Å². The van der Waals surface area contributed by atoms with Crippen LogP contribution in [0.4, 0.5) is 5.69 Å². The molecule has 2 aliphatic heterocycles. The van der Waals surface area contributed by atoms with Crippen LogP contribution in [0, 0.1) is 0 Å². The van der Waals surface area contributed by atoms with E-state index in [1.165, 1.54) is 12.1 Å². The molecule has 0 aromatic heterocycles. The number of hydrogen-bond donors (Lipinski definition) is 1. The predicted molar refractivity (Wildman–Crippen MR) is 144 cm³/mol. The van der Waals surface area contributed by atoms with Gasteiger partial charge in [0.05, 0.1) is 16.6 Å². The van der Waals surface area contributed by atoms with Crippen molar-refractivity contribution in [2.45, 2.75) is 49.6 Å². The molecule has 9 heteroatoms. The zero-order valence-corrected chi connectivity index (χ0v) is 22.4. The Morgan fingerprint density at radius 1 is 0.921 bits per heavy atom. The van der Waals surface area contributed by atoms with Crippen molar-refractivity contribution in [3.05, 3.63) is 78.4 Å². The van der Waals surface area contributed by atoms with Gasteiger partial charge in [0.15, 0.2) is 11.5 Å². The van der Waals surface area contributed by atoms with Gasteiger partial charge in [0.2, 0.25) is 5.91 Å². The minimum Gasteiger partial charge on any atom is -0.487 e. The van der Waals surface area contributed by atoms with Crippen molar-refractivity contribution < 1.29 is 27.4 Å². The summed E-state index contributed by atoms with van der Waals surface area (Å²) < 4.78 is 46.3. The molecular formula is C29H32N2O6S. The Hall–Kier alpha value is -3.72. The molecule has 3 aromatic carbocycles. The van der Waals surface area contributed by atoms with Gasteiger partial charge in [0, 0.05) is 18.1 Å². The maximum Gasteiger partial charge on any atom is 0.264 e. The molecule has 200 valence electrons. The van der Waals surface area contributed by atoms with Crippen molar-refractivity contribution in [3.63, 3.8) is 0 Å². The molecule has 0 bridgehead atoms. The summed E-state index contributed by atoms with van der Waals surface area (Å²) in [6.45, 7) is 4.53. The number of fused-ring (bicyclic) bond motifs is 2. The van der Waals surface area contributed by atoms with E-state index in [-0.39, 0.29) is 10.9 Å². The summed E-state index contributed by atoms with van der Waals surface area (Å²) in [5.74, 6) is 1.31. The third kappa shape index (κ3) is 5.03. The lowest BCUT2D eigenvalue weighted by atomic mass is 9.83. The summed E-state index contributed by atoms with van der Waals surface area (Å²) >= 11 is 0. The van der Waals surface area contributed by atoms with Crippen molar-refractivity contribution in [2.75, 3.05) is 24.1 Å². The number of hydrogen-bond acceptors (Lipinski definition) is 6. The predicted octanol–water partition coefficient (Wildman–Crippen LogP) is 4.85. The highest BCUT2D eigenvalue weighted by Gasteiger charge is 2.39. The van der Waals surface area contributed by atoms with Crippen LogP contribution in [0.15, 0.2) is 77.7 Å². The fourth-order valence-corrected chi connectivity index (χ4v) is 6.46. The van der Waals surface area contributed by atoms with Crippen LogP contribution in [-0.4, -0.2) is 39.7 Å². The molecule has 3 aromatic rings. The van der Waals surface area contributed by atoms with Gasteiger partial charge in [-0.25, -0.2) is 8.42 Å². The fourth-order valence-electron chi connectivity index (χ4n) is 5.02. The Morgan fingerprint density at radius 3 is 2.34 bits per heavy atom. The van der Waals surface area contributed by atoms with Crippen LogP contribution in [0.2, 0.25) is 0 Å². The first-order valence-electron chi connectivity index (χ1n) is 12.9. The minimum absolute atomic E-state index is 0.0927. The van der Waals surface area contributed by atoms with E-state index in [1.807, 2.05) is 24.3 Å². The summed E-state index contributed by atoms with van der Waals surface area (Å²) in [7, 11) is -4.06. The molecule has 8 nitrogen and oxygen atoms in total. The number of carbonyl (C=O) groups is 1. The van der Waals surface area contributed by atoms with Gasteiger partial charge in [-0.15, -0.1) is 0 Å². The van der Waals surface area contributed by atoms with E-state index in [4.69, 9.17) is 14.2 Å². The van der Waals surface area contributed by atoms with Crippen molar-refractivity contribution in [3.8, 4) is 17.2 Å². The summed E-state index contributed by atoms with van der Waals surface area (Å²) in [5, 5.41) is 3.10. The number of ether oxygens (including phenoxy) is 3. The monoisotopic (exact) mass is 536 g/mol. The van der Waals surface area contributed by atoms with E-state index >= 15 is 0 Å². The SMILES string of the molecule is CCC1(CC)CC(NC(=O)CN(c2ccc3c(c2)OCCO3)S(=O)(=O)c2ccccc2)c2ccccc2O1. The van der Waals surface area contributed by atoms with Gasteiger partial charge < -0.3 is 19.5 Å². The number of sulfonamides is 1. The van der Waals surface area contributed by atoms with Crippen LogP contribution in [0.25, 0.3) is 0 Å². The third-order valence-electron chi connectivity index (χ3n) is 7.25. The molecule has 0 saturated heterocycles. The van der Waals surface area contributed by atoms with Gasteiger partial charge in [-0.05, 0) is 43.2 Å². The lowest BCUT2D eigenvalue weighted by Gasteiger charge is -2.41. The summed E-state index contributed by atoms with van der Waals surface area (Å²) in [6, 6.07) is 20.4. The van der Waals surface area contributed by atoms with E-state index in [9.17, 15) is 13.2 Å². The maximum absolute atomic E-state index is 13.8. The van der Waals surface area contributed by atoms with Gasteiger partial charge in [-0.3, -0.25) is 9.10 Å².